The van der Waals surface area contributed by atoms with Crippen LogP contribution < -0.4 is 0 Å². The van der Waals surface area contributed by atoms with Crippen molar-refractivity contribution in [3.8, 4) is 0 Å². The second kappa shape index (κ2) is 3.48. The molecule has 0 aliphatic carbocycles. The molecule has 66 valence electrons. The molecule has 1 nitrogen and oxygen atoms in total. The Morgan fingerprint density at radius 2 is 2.09 bits per heavy atom. The van der Waals surface area contributed by atoms with Crippen molar-refractivity contribution in [2.75, 3.05) is 11.5 Å². The van der Waals surface area contributed by atoms with Crippen LogP contribution in [0.25, 0.3) is 0 Å². The van der Waals surface area contributed by atoms with Crippen molar-refractivity contribution < 1.29 is 4.21 Å². The lowest BCUT2D eigenvalue weighted by molar-refractivity contribution is 0.451. The van der Waals surface area contributed by atoms with E-state index in [0.29, 0.717) is 4.58 Å². The first kappa shape index (κ1) is 9.59. The minimum atomic E-state index is -0.584. The van der Waals surface area contributed by atoms with Gasteiger partial charge in [0.2, 0.25) is 0 Å². The highest BCUT2D eigenvalue weighted by atomic mass is 32.2. The fourth-order valence-electron chi connectivity index (χ4n) is 1.22. The van der Waals surface area contributed by atoms with Crippen LogP contribution in [0.15, 0.2) is 0 Å². The van der Waals surface area contributed by atoms with E-state index >= 15 is 0 Å². The molecule has 1 fully saturated rings. The first-order valence-electron chi connectivity index (χ1n) is 4.00. The summed E-state index contributed by atoms with van der Waals surface area (Å²) in [7, 11) is -0.584. The van der Waals surface area contributed by atoms with Gasteiger partial charge in [-0.2, -0.15) is 0 Å². The summed E-state index contributed by atoms with van der Waals surface area (Å²) in [6.45, 7) is 6.52. The molecule has 1 aliphatic rings. The molecule has 3 heteroatoms. The zero-order valence-electron chi connectivity index (χ0n) is 7.42. The van der Waals surface area contributed by atoms with E-state index in [1.807, 2.05) is 11.8 Å². The van der Waals surface area contributed by atoms with Crippen molar-refractivity contribution in [3.63, 3.8) is 0 Å². The van der Waals surface area contributed by atoms with Crippen LogP contribution in [0.4, 0.5) is 0 Å². The zero-order chi connectivity index (χ0) is 8.48. The fourth-order valence-corrected chi connectivity index (χ4v) is 5.04. The Balaban J connectivity index is 2.62. The summed E-state index contributed by atoms with van der Waals surface area (Å²) in [4.78, 5) is 0. The molecule has 0 bridgehead atoms. The Labute approximate surface area is 75.8 Å². The summed E-state index contributed by atoms with van der Waals surface area (Å²) in [5, 5.41) is 0. The lowest BCUT2D eigenvalue weighted by Gasteiger charge is -2.32. The Hall–Kier alpha value is 0.500. The third kappa shape index (κ3) is 2.48. The maximum atomic E-state index is 11.5. The average Bonchev–Trinajstić information content (AvgIpc) is 1.86. The van der Waals surface area contributed by atoms with Crippen molar-refractivity contribution in [2.45, 2.75) is 31.8 Å². The van der Waals surface area contributed by atoms with Crippen LogP contribution in [0.2, 0.25) is 0 Å². The van der Waals surface area contributed by atoms with Crippen molar-refractivity contribution in [2.24, 2.45) is 5.41 Å². The van der Waals surface area contributed by atoms with Crippen LogP contribution >= 0.6 is 11.8 Å². The van der Waals surface area contributed by atoms with Gasteiger partial charge in [-0.25, -0.2) is 0 Å². The molecular formula is C8H16OS2. The molecule has 1 aliphatic heterocycles. The highest BCUT2D eigenvalue weighted by Gasteiger charge is 2.32. The first-order valence-corrected chi connectivity index (χ1v) is 6.43. The monoisotopic (exact) mass is 192 g/mol. The highest BCUT2D eigenvalue weighted by molar-refractivity contribution is 8.11. The number of hydrogen-bond acceptors (Lipinski definition) is 2. The van der Waals surface area contributed by atoms with Crippen molar-refractivity contribution in [3.05, 3.63) is 0 Å². The molecular weight excluding hydrogens is 176 g/mol. The van der Waals surface area contributed by atoms with Gasteiger partial charge < -0.3 is 0 Å². The Kier molecular flexibility index (Phi) is 3.03. The first-order chi connectivity index (χ1) is 5.02. The van der Waals surface area contributed by atoms with E-state index in [1.54, 1.807) is 0 Å². The quantitative estimate of drug-likeness (QED) is 0.585. The molecule has 11 heavy (non-hydrogen) atoms. The maximum absolute atomic E-state index is 11.5. The minimum Gasteiger partial charge on any atom is -0.258 e. The molecule has 0 spiro atoms. The molecule has 0 radical (unpaired) electrons. The molecule has 0 aromatic rings. The van der Waals surface area contributed by atoms with Gasteiger partial charge in [0.15, 0.2) is 0 Å². The van der Waals surface area contributed by atoms with E-state index in [-0.39, 0.29) is 5.41 Å². The zero-order valence-corrected chi connectivity index (χ0v) is 9.06. The van der Waals surface area contributed by atoms with Gasteiger partial charge in [-0.05, 0) is 17.6 Å². The SMILES string of the molecule is CC(C)(C)[C@@H]1SCCCS1=O. The minimum absolute atomic E-state index is 0.204. The third-order valence-electron chi connectivity index (χ3n) is 1.70. The number of thioether (sulfide) groups is 1. The van der Waals surface area contributed by atoms with Crippen molar-refractivity contribution >= 4 is 22.6 Å². The molecule has 1 unspecified atom stereocenters. The van der Waals surface area contributed by atoms with Crippen LogP contribution in [-0.2, 0) is 10.8 Å². The summed E-state index contributed by atoms with van der Waals surface area (Å²) in [6, 6.07) is 0. The lowest BCUT2D eigenvalue weighted by Crippen LogP contribution is -2.32. The summed E-state index contributed by atoms with van der Waals surface area (Å²) in [5.41, 5.74) is 0.204. The van der Waals surface area contributed by atoms with E-state index in [4.69, 9.17) is 0 Å². The molecule has 2 atom stereocenters. The fraction of sp³-hybridized carbons (Fsp3) is 1.00. The predicted octanol–water partition coefficient (Wildman–Crippen LogP) is 2.24. The Bertz CT molecular complexity index is 160. The van der Waals surface area contributed by atoms with Gasteiger partial charge in [-0.3, -0.25) is 4.21 Å². The van der Waals surface area contributed by atoms with Gasteiger partial charge in [0.1, 0.15) is 0 Å². The van der Waals surface area contributed by atoms with Gasteiger partial charge in [0, 0.05) is 16.6 Å². The van der Waals surface area contributed by atoms with Gasteiger partial charge >= 0.3 is 0 Å². The second-order valence-electron chi connectivity index (χ2n) is 4.01. The van der Waals surface area contributed by atoms with Crippen LogP contribution in [0, 0.1) is 5.41 Å². The lowest BCUT2D eigenvalue weighted by atomic mass is 10.0. The topological polar surface area (TPSA) is 17.1 Å². The molecule has 0 aromatic carbocycles. The van der Waals surface area contributed by atoms with E-state index < -0.39 is 10.8 Å². The summed E-state index contributed by atoms with van der Waals surface area (Å²) in [5.74, 6) is 2.10. The molecule has 1 rings (SSSR count). The van der Waals surface area contributed by atoms with Crippen molar-refractivity contribution in [1.82, 2.24) is 0 Å². The highest BCUT2D eigenvalue weighted by Crippen LogP contribution is 2.36. The van der Waals surface area contributed by atoms with E-state index in [9.17, 15) is 4.21 Å². The Morgan fingerprint density at radius 1 is 1.45 bits per heavy atom. The van der Waals surface area contributed by atoms with Crippen LogP contribution in [0.5, 0.6) is 0 Å². The normalized spacial score (nSPS) is 33.7. The van der Waals surface area contributed by atoms with Crippen LogP contribution in [-0.4, -0.2) is 20.3 Å². The molecule has 0 aromatic heterocycles. The second-order valence-corrected chi connectivity index (χ2v) is 7.16. The summed E-state index contributed by atoms with van der Waals surface area (Å²) >= 11 is 1.88. The van der Waals surface area contributed by atoms with Gasteiger partial charge in [0.25, 0.3) is 0 Å². The molecule has 1 saturated heterocycles. The average molecular weight is 192 g/mol. The molecule has 0 saturated carbocycles. The Morgan fingerprint density at radius 3 is 2.45 bits per heavy atom. The van der Waals surface area contributed by atoms with Gasteiger partial charge in [-0.15, -0.1) is 11.8 Å². The summed E-state index contributed by atoms with van der Waals surface area (Å²) in [6.07, 6.45) is 1.13. The standard InChI is InChI=1S/C8H16OS2/c1-8(2,3)7-10-5-4-6-11(7)9/h7H,4-6H2,1-3H3/t7-,11?/m1/s1. The van der Waals surface area contributed by atoms with Gasteiger partial charge in [0.05, 0.1) is 4.58 Å². The largest absolute Gasteiger partial charge is 0.258 e. The van der Waals surface area contributed by atoms with Crippen LogP contribution in [0.3, 0.4) is 0 Å². The van der Waals surface area contributed by atoms with Crippen LogP contribution in [0.1, 0.15) is 27.2 Å². The smallest absolute Gasteiger partial charge is 0.0849 e. The molecule has 0 N–H and O–H groups in total. The van der Waals surface area contributed by atoms with Crippen molar-refractivity contribution in [1.29, 1.82) is 0 Å². The van der Waals surface area contributed by atoms with E-state index in [1.165, 1.54) is 5.75 Å². The summed E-state index contributed by atoms with van der Waals surface area (Å²) < 4.78 is 11.9. The number of hydrogen-bond donors (Lipinski definition) is 0. The van der Waals surface area contributed by atoms with Gasteiger partial charge in [-0.1, -0.05) is 20.8 Å². The molecule has 0 amide bonds. The third-order valence-corrected chi connectivity index (χ3v) is 6.17. The van der Waals surface area contributed by atoms with E-state index in [0.717, 1.165) is 12.2 Å². The predicted molar refractivity (Wildman–Crippen MR) is 53.3 cm³/mol. The van der Waals surface area contributed by atoms with E-state index in [2.05, 4.69) is 20.8 Å². The maximum Gasteiger partial charge on any atom is 0.0849 e. The number of rotatable bonds is 0. The molecule has 1 heterocycles.